The first-order valence-corrected chi connectivity index (χ1v) is 11.6. The van der Waals surface area contributed by atoms with Crippen LogP contribution in [0.1, 0.15) is 25.3 Å². The molecular formula is C18H25N5O3S2. The number of hydrogen-bond donors (Lipinski definition) is 0. The van der Waals surface area contributed by atoms with E-state index in [1.54, 1.807) is 27.9 Å². The Bertz CT molecular complexity index is 917. The third-order valence-corrected chi connectivity index (χ3v) is 7.70. The largest absolute Gasteiger partial charge is 0.339 e. The maximum absolute atomic E-state index is 12.9. The first kappa shape index (κ1) is 20.8. The summed E-state index contributed by atoms with van der Waals surface area (Å²) in [5, 5.41) is 8.41. The van der Waals surface area contributed by atoms with Gasteiger partial charge in [0.1, 0.15) is 6.33 Å². The Labute approximate surface area is 170 Å². The van der Waals surface area contributed by atoms with Gasteiger partial charge in [-0.2, -0.15) is 4.31 Å². The van der Waals surface area contributed by atoms with Crippen molar-refractivity contribution >= 4 is 27.7 Å². The molecule has 0 aliphatic carbocycles. The third kappa shape index (κ3) is 4.56. The molecule has 0 unspecified atom stereocenters. The number of aromatic nitrogens is 3. The van der Waals surface area contributed by atoms with Crippen LogP contribution >= 0.6 is 11.8 Å². The molecule has 0 N–H and O–H groups in total. The summed E-state index contributed by atoms with van der Waals surface area (Å²) in [6, 6.07) is 7.06. The second kappa shape index (κ2) is 8.62. The minimum atomic E-state index is -3.54. The number of rotatable bonds is 6. The monoisotopic (exact) mass is 423 g/mol. The number of hydrogen-bond acceptors (Lipinski definition) is 6. The normalized spacial score (nSPS) is 15.9. The number of aryl methyl sites for hydroxylation is 1. The molecule has 1 fully saturated rings. The summed E-state index contributed by atoms with van der Waals surface area (Å²) in [6.07, 6.45) is 1.59. The highest BCUT2D eigenvalue weighted by atomic mass is 32.2. The van der Waals surface area contributed by atoms with Crippen molar-refractivity contribution in [2.45, 2.75) is 29.8 Å². The van der Waals surface area contributed by atoms with Gasteiger partial charge in [0.25, 0.3) is 0 Å². The van der Waals surface area contributed by atoms with Crippen LogP contribution in [0, 0.1) is 0 Å². The smallest absolute Gasteiger partial charge is 0.243 e. The van der Waals surface area contributed by atoms with Crippen molar-refractivity contribution in [2.75, 3.05) is 31.9 Å². The Balaban J connectivity index is 1.56. The number of nitrogens with zero attached hydrogens (tertiary/aromatic N) is 5. The third-order valence-electron chi connectivity index (χ3n) is 4.77. The van der Waals surface area contributed by atoms with Gasteiger partial charge in [0.05, 0.1) is 10.6 Å². The van der Waals surface area contributed by atoms with Crippen LogP contribution in [0.3, 0.4) is 0 Å². The molecule has 1 amide bonds. The van der Waals surface area contributed by atoms with E-state index in [4.69, 9.17) is 0 Å². The zero-order chi connectivity index (χ0) is 20.3. The van der Waals surface area contributed by atoms with Crippen LogP contribution in [-0.2, 0) is 21.9 Å². The van der Waals surface area contributed by atoms with E-state index >= 15 is 0 Å². The second-order valence-corrected chi connectivity index (χ2v) is 9.90. The summed E-state index contributed by atoms with van der Waals surface area (Å²) in [7, 11) is -1.71. The van der Waals surface area contributed by atoms with E-state index in [1.807, 2.05) is 19.2 Å². The maximum Gasteiger partial charge on any atom is 0.243 e. The molecule has 0 saturated carbocycles. The van der Waals surface area contributed by atoms with Crippen LogP contribution in [0.4, 0.5) is 0 Å². The van der Waals surface area contributed by atoms with Gasteiger partial charge < -0.3 is 9.47 Å². The fraction of sp³-hybridized carbons (Fsp3) is 0.500. The van der Waals surface area contributed by atoms with Crippen molar-refractivity contribution in [3.63, 3.8) is 0 Å². The van der Waals surface area contributed by atoms with Crippen LogP contribution in [0.2, 0.25) is 0 Å². The van der Waals surface area contributed by atoms with E-state index in [-0.39, 0.29) is 11.7 Å². The lowest BCUT2D eigenvalue weighted by Crippen LogP contribution is -2.50. The average Bonchev–Trinajstić information content (AvgIpc) is 3.11. The first-order chi connectivity index (χ1) is 13.3. The highest BCUT2D eigenvalue weighted by Gasteiger charge is 2.30. The summed E-state index contributed by atoms with van der Waals surface area (Å²) in [5.41, 5.74) is 1.11. The highest BCUT2D eigenvalue weighted by Crippen LogP contribution is 2.22. The highest BCUT2D eigenvalue weighted by molar-refractivity contribution is 7.99. The summed E-state index contributed by atoms with van der Waals surface area (Å²) >= 11 is 1.33. The molecule has 0 atom stereocenters. The molecule has 1 aromatic heterocycles. The van der Waals surface area contributed by atoms with E-state index in [1.165, 1.54) is 16.1 Å². The van der Waals surface area contributed by atoms with E-state index in [2.05, 4.69) is 24.0 Å². The molecule has 1 aliphatic rings. The molecule has 0 spiro atoms. The summed E-state index contributed by atoms with van der Waals surface area (Å²) in [6.45, 7) is 5.52. The summed E-state index contributed by atoms with van der Waals surface area (Å²) in [5.74, 6) is 0.590. The van der Waals surface area contributed by atoms with Gasteiger partial charge in [0.15, 0.2) is 5.16 Å². The molecule has 1 saturated heterocycles. The summed E-state index contributed by atoms with van der Waals surface area (Å²) < 4.78 is 28.9. The number of carbonyl (C=O) groups excluding carboxylic acids is 1. The van der Waals surface area contributed by atoms with Crippen molar-refractivity contribution in [2.24, 2.45) is 7.05 Å². The van der Waals surface area contributed by atoms with Crippen LogP contribution in [0.25, 0.3) is 0 Å². The molecule has 10 heteroatoms. The number of piperazine rings is 1. The number of carbonyl (C=O) groups is 1. The lowest BCUT2D eigenvalue weighted by molar-refractivity contribution is -0.129. The molecule has 1 aliphatic heterocycles. The minimum absolute atomic E-state index is 0.0219. The van der Waals surface area contributed by atoms with Crippen molar-refractivity contribution in [1.29, 1.82) is 0 Å². The first-order valence-electron chi connectivity index (χ1n) is 9.13. The van der Waals surface area contributed by atoms with Crippen molar-refractivity contribution in [3.05, 3.63) is 36.2 Å². The predicted molar refractivity (Wildman–Crippen MR) is 108 cm³/mol. The quantitative estimate of drug-likeness (QED) is 0.655. The average molecular weight is 424 g/mol. The Morgan fingerprint density at radius 2 is 1.79 bits per heavy atom. The SMILES string of the molecule is CC(C)c1ccc(S(=O)(=O)N2CCN(C(=O)CSc3nncn3C)CC2)cc1. The van der Waals surface area contributed by atoms with Gasteiger partial charge in [-0.25, -0.2) is 8.42 Å². The van der Waals surface area contributed by atoms with E-state index in [9.17, 15) is 13.2 Å². The molecule has 8 nitrogen and oxygen atoms in total. The standard InChI is InChI=1S/C18H25N5O3S2/c1-14(2)15-4-6-16(7-5-15)28(25,26)23-10-8-22(9-11-23)17(24)12-27-18-20-19-13-21(18)3/h4-7,13-14H,8-12H2,1-3H3. The van der Waals surface area contributed by atoms with Crippen LogP contribution in [-0.4, -0.2) is 70.2 Å². The molecule has 1 aromatic carbocycles. The molecule has 0 bridgehead atoms. The predicted octanol–water partition coefficient (Wildman–Crippen LogP) is 1.56. The molecule has 28 heavy (non-hydrogen) atoms. The van der Waals surface area contributed by atoms with Crippen LogP contribution in [0.5, 0.6) is 0 Å². The van der Waals surface area contributed by atoms with Gasteiger partial charge in [-0.3, -0.25) is 4.79 Å². The Kier molecular flexibility index (Phi) is 6.41. The lowest BCUT2D eigenvalue weighted by atomic mass is 10.0. The zero-order valence-electron chi connectivity index (χ0n) is 16.3. The van der Waals surface area contributed by atoms with Gasteiger partial charge in [0, 0.05) is 33.2 Å². The van der Waals surface area contributed by atoms with E-state index < -0.39 is 10.0 Å². The number of thioether (sulfide) groups is 1. The Hall–Kier alpha value is -1.91. The Morgan fingerprint density at radius 1 is 1.14 bits per heavy atom. The van der Waals surface area contributed by atoms with Crippen LogP contribution < -0.4 is 0 Å². The molecule has 152 valence electrons. The zero-order valence-corrected chi connectivity index (χ0v) is 17.9. The number of sulfonamides is 1. The van der Waals surface area contributed by atoms with Gasteiger partial charge in [0.2, 0.25) is 15.9 Å². The molecule has 3 rings (SSSR count). The van der Waals surface area contributed by atoms with Crippen molar-refractivity contribution < 1.29 is 13.2 Å². The van der Waals surface area contributed by atoms with Crippen molar-refractivity contribution in [1.82, 2.24) is 24.0 Å². The maximum atomic E-state index is 12.9. The van der Waals surface area contributed by atoms with Gasteiger partial charge >= 0.3 is 0 Å². The van der Waals surface area contributed by atoms with Gasteiger partial charge in [-0.05, 0) is 23.6 Å². The number of amides is 1. The molecular weight excluding hydrogens is 398 g/mol. The van der Waals surface area contributed by atoms with Gasteiger partial charge in [-0.1, -0.05) is 37.7 Å². The fourth-order valence-electron chi connectivity index (χ4n) is 2.97. The molecule has 2 aromatic rings. The van der Waals surface area contributed by atoms with Crippen molar-refractivity contribution in [3.8, 4) is 0 Å². The topological polar surface area (TPSA) is 88.4 Å². The molecule has 0 radical (unpaired) electrons. The van der Waals surface area contributed by atoms with E-state index in [0.717, 1.165) is 5.56 Å². The molecule has 2 heterocycles. The summed E-state index contributed by atoms with van der Waals surface area (Å²) in [4.78, 5) is 14.4. The van der Waals surface area contributed by atoms with Gasteiger partial charge in [-0.15, -0.1) is 10.2 Å². The Morgan fingerprint density at radius 3 is 2.32 bits per heavy atom. The lowest BCUT2D eigenvalue weighted by Gasteiger charge is -2.34. The fourth-order valence-corrected chi connectivity index (χ4v) is 5.19. The minimum Gasteiger partial charge on any atom is -0.339 e. The second-order valence-electron chi connectivity index (χ2n) is 7.02. The van der Waals surface area contributed by atoms with E-state index in [0.29, 0.717) is 42.1 Å². The van der Waals surface area contributed by atoms with Crippen LogP contribution in [0.15, 0.2) is 40.6 Å². The number of benzene rings is 1.